The van der Waals surface area contributed by atoms with Crippen molar-refractivity contribution < 1.29 is 130 Å². The van der Waals surface area contributed by atoms with E-state index in [4.69, 9.17) is 43.0 Å². The lowest BCUT2D eigenvalue weighted by molar-refractivity contribution is -0.383. The summed E-state index contributed by atoms with van der Waals surface area (Å²) >= 11 is 0. The summed E-state index contributed by atoms with van der Waals surface area (Å²) < 4.78 is 43.7. The zero-order valence-corrected chi connectivity index (χ0v) is 29.4. The lowest BCUT2D eigenvalue weighted by atomic mass is 9.96. The summed E-state index contributed by atoms with van der Waals surface area (Å²) in [5, 5.41) is 184. The first kappa shape index (κ1) is 47.6. The van der Waals surface area contributed by atoms with Crippen LogP contribution in [0.4, 0.5) is 0 Å². The molecule has 0 saturated carbocycles. The van der Waals surface area contributed by atoms with E-state index in [0.717, 1.165) is 0 Å². The van der Waals surface area contributed by atoms with Crippen molar-refractivity contribution >= 4 is 0 Å². The number of hydrogen-bond donors (Lipinski definition) is 18. The Bertz CT molecular complexity index is 1160. The van der Waals surface area contributed by atoms with E-state index < -0.39 is 187 Å². The molecule has 0 aromatic heterocycles. The Balaban J connectivity index is 1.55. The van der Waals surface area contributed by atoms with Gasteiger partial charge in [-0.1, -0.05) is 0 Å². The molecule has 4 heterocycles. The molecule has 0 aliphatic carbocycles. The topological polar surface area (TPSA) is 438 Å². The molecule has 4 aliphatic rings. The van der Waals surface area contributed by atoms with Gasteiger partial charge in [0.15, 0.2) is 25.2 Å². The minimum absolute atomic E-state index is 0.822. The second-order valence-electron chi connectivity index (χ2n) is 13.8. The van der Waals surface area contributed by atoms with Gasteiger partial charge in [0.05, 0.1) is 39.6 Å². The highest BCUT2D eigenvalue weighted by molar-refractivity contribution is 4.97. The molecule has 0 unspecified atom stereocenters. The largest absolute Gasteiger partial charge is 0.394 e. The summed E-state index contributed by atoms with van der Waals surface area (Å²) in [5.74, 6) is 0. The predicted molar refractivity (Wildman–Crippen MR) is 169 cm³/mol. The van der Waals surface area contributed by atoms with Gasteiger partial charge in [-0.15, -0.1) is 0 Å². The average molecular weight is 831 g/mol. The monoisotopic (exact) mass is 830 g/mol. The highest BCUT2D eigenvalue weighted by atomic mass is 16.8. The van der Waals surface area contributed by atoms with Gasteiger partial charge in [-0.25, -0.2) is 0 Å². The van der Waals surface area contributed by atoms with Crippen LogP contribution in [0.25, 0.3) is 0 Å². The standard InChI is InChI=1S/C30H54O26/c31-1-7(35)13(37)14(38)8(36)5-49-28-23(47)26(18(42)12(54-28)6-50-27-21(45)19(43)15(39)9(2-32)51-27)56-30-24(48)25(17(41)11(4-34)53-30)55-29-22(46)20(44)16(40)10(3-33)52-29/h7-48H,1-6H2/t7-,8+,9-,10-,11-,12-,13-,14-,15-,16-,17-,18-,19+,20+,21-,22-,23-,24-,25+,26+,27-,28-,29+,30+/m1/s1. The zero-order chi connectivity index (χ0) is 41.8. The molecule has 4 rings (SSSR count). The Morgan fingerprint density at radius 3 is 1.27 bits per heavy atom. The number of ether oxygens (including phenoxy) is 8. The van der Waals surface area contributed by atoms with Crippen molar-refractivity contribution in [3.8, 4) is 0 Å². The fraction of sp³-hybridized carbons (Fsp3) is 1.00. The van der Waals surface area contributed by atoms with Crippen molar-refractivity contribution in [2.75, 3.05) is 39.6 Å². The van der Waals surface area contributed by atoms with E-state index in [9.17, 15) is 86.8 Å². The maximum absolute atomic E-state index is 11.3. The average Bonchev–Trinajstić information content (AvgIpc) is 3.19. The smallest absolute Gasteiger partial charge is 0.187 e. The van der Waals surface area contributed by atoms with E-state index in [0.29, 0.717) is 0 Å². The molecule has 26 nitrogen and oxygen atoms in total. The van der Waals surface area contributed by atoms with E-state index in [1.165, 1.54) is 0 Å². The van der Waals surface area contributed by atoms with Crippen LogP contribution in [0.5, 0.6) is 0 Å². The molecule has 0 bridgehead atoms. The number of hydrogen-bond acceptors (Lipinski definition) is 26. The van der Waals surface area contributed by atoms with Crippen molar-refractivity contribution in [2.45, 2.75) is 147 Å². The van der Waals surface area contributed by atoms with Crippen LogP contribution < -0.4 is 0 Å². The van der Waals surface area contributed by atoms with Crippen molar-refractivity contribution in [3.05, 3.63) is 0 Å². The summed E-state index contributed by atoms with van der Waals surface area (Å²) in [6.07, 6.45) is -45.5. The third-order valence-electron chi connectivity index (χ3n) is 9.92. The molecule has 4 fully saturated rings. The molecule has 18 N–H and O–H groups in total. The molecular weight excluding hydrogens is 776 g/mol. The quantitative estimate of drug-likeness (QED) is 0.0647. The van der Waals surface area contributed by atoms with Crippen molar-refractivity contribution in [1.29, 1.82) is 0 Å². The zero-order valence-electron chi connectivity index (χ0n) is 29.4. The molecule has 56 heavy (non-hydrogen) atoms. The van der Waals surface area contributed by atoms with Gasteiger partial charge in [0.2, 0.25) is 0 Å². The number of aliphatic hydroxyl groups excluding tert-OH is 18. The Morgan fingerprint density at radius 1 is 0.393 bits per heavy atom. The molecule has 330 valence electrons. The molecule has 0 radical (unpaired) electrons. The second-order valence-corrected chi connectivity index (χ2v) is 13.8. The van der Waals surface area contributed by atoms with Gasteiger partial charge in [-0.3, -0.25) is 0 Å². The van der Waals surface area contributed by atoms with E-state index >= 15 is 0 Å². The fourth-order valence-electron chi connectivity index (χ4n) is 6.40. The third-order valence-corrected chi connectivity index (χ3v) is 9.92. The number of aliphatic hydroxyl groups is 18. The molecule has 26 heteroatoms. The Morgan fingerprint density at radius 2 is 0.768 bits per heavy atom. The molecule has 0 amide bonds. The van der Waals surface area contributed by atoms with Crippen molar-refractivity contribution in [2.24, 2.45) is 0 Å². The van der Waals surface area contributed by atoms with Gasteiger partial charge in [0, 0.05) is 0 Å². The highest BCUT2D eigenvalue weighted by Crippen LogP contribution is 2.33. The van der Waals surface area contributed by atoms with Gasteiger partial charge in [0.1, 0.15) is 122 Å². The first-order valence-corrected chi connectivity index (χ1v) is 17.5. The van der Waals surface area contributed by atoms with Crippen LogP contribution in [0, 0.1) is 0 Å². The van der Waals surface area contributed by atoms with Crippen molar-refractivity contribution in [1.82, 2.24) is 0 Å². The SMILES string of the molecule is OC[C@@H](O)[C@@H](O)[C@H](O)[C@@H](O)CO[C@@H]1O[C@H](CO[C@@H]2O[C@H](CO)[C@@H](O)[C@H](O)[C@H]2O)[C@@H](O)[C@H](O[C@@H]2O[C@H](CO)[C@@H](O)[C@H](O[C@@H]3O[C@H](CO)[C@@H](O)[C@H](O)[C@H]3O)[C@H]2O)[C@H]1O. The summed E-state index contributed by atoms with van der Waals surface area (Å²) in [4.78, 5) is 0. The lowest BCUT2D eigenvalue weighted by Gasteiger charge is -2.48. The minimum atomic E-state index is -2.15. The van der Waals surface area contributed by atoms with Gasteiger partial charge >= 0.3 is 0 Å². The summed E-state index contributed by atoms with van der Waals surface area (Å²) in [6.45, 7) is -5.45. The van der Waals surface area contributed by atoms with Crippen LogP contribution in [-0.4, -0.2) is 279 Å². The normalized spacial score (nSPS) is 47.2. The van der Waals surface area contributed by atoms with Crippen molar-refractivity contribution in [3.63, 3.8) is 0 Å². The van der Waals surface area contributed by atoms with Crippen LogP contribution in [0.1, 0.15) is 0 Å². The Kier molecular flexibility index (Phi) is 17.8. The maximum atomic E-state index is 11.3. The molecule has 24 atom stereocenters. The van der Waals surface area contributed by atoms with Crippen LogP contribution >= 0.6 is 0 Å². The second kappa shape index (κ2) is 21.0. The molecule has 4 aliphatic heterocycles. The summed E-state index contributed by atoms with van der Waals surface area (Å²) in [5.41, 5.74) is 0. The number of rotatable bonds is 17. The predicted octanol–water partition coefficient (Wildman–Crippen LogP) is -12.3. The van der Waals surface area contributed by atoms with E-state index in [1.54, 1.807) is 0 Å². The fourth-order valence-corrected chi connectivity index (χ4v) is 6.40. The molecule has 0 aromatic rings. The molecule has 0 aromatic carbocycles. The first-order chi connectivity index (χ1) is 26.4. The first-order valence-electron chi connectivity index (χ1n) is 17.5. The van der Waals surface area contributed by atoms with Gasteiger partial charge < -0.3 is 130 Å². The lowest BCUT2D eigenvalue weighted by Crippen LogP contribution is -2.67. The summed E-state index contributed by atoms with van der Waals surface area (Å²) in [6, 6.07) is 0. The van der Waals surface area contributed by atoms with Crippen LogP contribution in [0.2, 0.25) is 0 Å². The molecule has 4 saturated heterocycles. The Labute approximate surface area is 317 Å². The van der Waals surface area contributed by atoms with Gasteiger partial charge in [0.25, 0.3) is 0 Å². The van der Waals surface area contributed by atoms with Gasteiger partial charge in [-0.2, -0.15) is 0 Å². The van der Waals surface area contributed by atoms with E-state index in [1.807, 2.05) is 0 Å². The van der Waals surface area contributed by atoms with E-state index in [-0.39, 0.29) is 0 Å². The third kappa shape index (κ3) is 10.5. The Hall–Kier alpha value is -1.04. The summed E-state index contributed by atoms with van der Waals surface area (Å²) in [7, 11) is 0. The molecule has 0 spiro atoms. The maximum Gasteiger partial charge on any atom is 0.187 e. The molecular formula is C30H54O26. The van der Waals surface area contributed by atoms with E-state index in [2.05, 4.69) is 0 Å². The van der Waals surface area contributed by atoms with Crippen LogP contribution in [0.15, 0.2) is 0 Å². The highest BCUT2D eigenvalue weighted by Gasteiger charge is 2.54. The van der Waals surface area contributed by atoms with Crippen LogP contribution in [0.3, 0.4) is 0 Å². The minimum Gasteiger partial charge on any atom is -0.394 e. The van der Waals surface area contributed by atoms with Gasteiger partial charge in [-0.05, 0) is 0 Å². The van der Waals surface area contributed by atoms with Crippen LogP contribution in [-0.2, 0) is 37.9 Å².